The predicted molar refractivity (Wildman–Crippen MR) is 83.6 cm³/mol. The highest BCUT2D eigenvalue weighted by atomic mass is 16.5. The maximum Gasteiger partial charge on any atom is 0.0830 e. The number of hydrogen-bond donors (Lipinski definition) is 1. The average Bonchev–Trinajstić information content (AvgIpc) is 2.48. The lowest BCUT2D eigenvalue weighted by Gasteiger charge is -2.43. The van der Waals surface area contributed by atoms with E-state index in [4.69, 9.17) is 4.74 Å². The number of rotatable bonds is 9. The summed E-state index contributed by atoms with van der Waals surface area (Å²) in [5, 5.41) is 3.58. The largest absolute Gasteiger partial charge is 0.377 e. The summed E-state index contributed by atoms with van der Waals surface area (Å²) in [6.45, 7) is 4.63. The highest BCUT2D eigenvalue weighted by molar-refractivity contribution is 4.95. The van der Waals surface area contributed by atoms with E-state index in [1.54, 1.807) is 0 Å². The van der Waals surface area contributed by atoms with Crippen LogP contribution in [0.15, 0.2) is 0 Å². The molecule has 0 bridgehead atoms. The third-order valence-corrected chi connectivity index (χ3v) is 5.20. The Kier molecular flexibility index (Phi) is 8.01. The van der Waals surface area contributed by atoms with Crippen molar-refractivity contribution in [3.05, 3.63) is 0 Å². The summed E-state index contributed by atoms with van der Waals surface area (Å²) in [6.07, 6.45) is 13.2. The van der Waals surface area contributed by atoms with Crippen molar-refractivity contribution in [3.63, 3.8) is 0 Å². The lowest BCUT2D eigenvalue weighted by Crippen LogP contribution is -2.52. The zero-order valence-electron chi connectivity index (χ0n) is 13.6. The van der Waals surface area contributed by atoms with Gasteiger partial charge in [-0.2, -0.15) is 0 Å². The summed E-state index contributed by atoms with van der Waals surface area (Å²) in [5.74, 6) is 0.853. The molecular formula is C17H35NO. The highest BCUT2D eigenvalue weighted by Gasteiger charge is 2.39. The molecular weight excluding hydrogens is 234 g/mol. The van der Waals surface area contributed by atoms with Crippen LogP contribution in [0.2, 0.25) is 0 Å². The quantitative estimate of drug-likeness (QED) is 0.664. The Balaban J connectivity index is 2.62. The van der Waals surface area contributed by atoms with Crippen LogP contribution in [0.3, 0.4) is 0 Å². The standard InChI is InChI=1S/C17H35NO/c1-5-7-11-15(6-2)14-16(18-3)17(19-4)12-9-8-10-13-17/h15-16,18H,5-14H2,1-4H3. The van der Waals surface area contributed by atoms with Gasteiger partial charge in [0.2, 0.25) is 0 Å². The summed E-state index contributed by atoms with van der Waals surface area (Å²) in [7, 11) is 4.04. The third kappa shape index (κ3) is 4.75. The topological polar surface area (TPSA) is 21.3 Å². The second-order valence-corrected chi connectivity index (χ2v) is 6.32. The Morgan fingerprint density at radius 3 is 2.32 bits per heavy atom. The van der Waals surface area contributed by atoms with Crippen molar-refractivity contribution in [3.8, 4) is 0 Å². The van der Waals surface area contributed by atoms with Gasteiger partial charge in [-0.15, -0.1) is 0 Å². The van der Waals surface area contributed by atoms with Crippen molar-refractivity contribution in [1.82, 2.24) is 5.32 Å². The summed E-state index contributed by atoms with van der Waals surface area (Å²) in [6, 6.07) is 0.527. The first-order chi connectivity index (χ1) is 9.22. The van der Waals surface area contributed by atoms with E-state index in [0.717, 1.165) is 5.92 Å². The Labute approximate surface area is 120 Å². The molecule has 2 unspecified atom stereocenters. The zero-order valence-corrected chi connectivity index (χ0v) is 13.6. The molecule has 0 aliphatic heterocycles. The molecule has 1 fully saturated rings. The average molecular weight is 269 g/mol. The molecule has 1 aliphatic carbocycles. The normalized spacial score (nSPS) is 22.1. The van der Waals surface area contributed by atoms with Gasteiger partial charge < -0.3 is 10.1 Å². The van der Waals surface area contributed by atoms with Crippen LogP contribution in [0.4, 0.5) is 0 Å². The summed E-state index contributed by atoms with van der Waals surface area (Å²) < 4.78 is 6.02. The molecule has 2 atom stereocenters. The van der Waals surface area contributed by atoms with Gasteiger partial charge in [-0.05, 0) is 32.2 Å². The minimum absolute atomic E-state index is 0.104. The van der Waals surface area contributed by atoms with Crippen LogP contribution in [-0.2, 0) is 4.74 Å². The first-order valence-corrected chi connectivity index (χ1v) is 8.44. The third-order valence-electron chi connectivity index (χ3n) is 5.20. The zero-order chi connectivity index (χ0) is 14.1. The van der Waals surface area contributed by atoms with Crippen molar-refractivity contribution in [1.29, 1.82) is 0 Å². The van der Waals surface area contributed by atoms with E-state index in [2.05, 4.69) is 26.2 Å². The van der Waals surface area contributed by atoms with Gasteiger partial charge in [0.25, 0.3) is 0 Å². The van der Waals surface area contributed by atoms with Gasteiger partial charge in [0.1, 0.15) is 0 Å². The van der Waals surface area contributed by atoms with E-state index in [1.807, 2.05) is 7.11 Å². The minimum atomic E-state index is 0.104. The number of nitrogens with one attached hydrogen (secondary N) is 1. The Hall–Kier alpha value is -0.0800. The summed E-state index contributed by atoms with van der Waals surface area (Å²) in [5.41, 5.74) is 0.104. The first kappa shape index (κ1) is 17.0. The van der Waals surface area contributed by atoms with Crippen molar-refractivity contribution in [2.45, 2.75) is 89.7 Å². The fraction of sp³-hybridized carbons (Fsp3) is 1.00. The molecule has 0 spiro atoms. The van der Waals surface area contributed by atoms with Gasteiger partial charge in [-0.25, -0.2) is 0 Å². The van der Waals surface area contributed by atoms with Crippen molar-refractivity contribution in [2.75, 3.05) is 14.2 Å². The molecule has 2 heteroatoms. The molecule has 19 heavy (non-hydrogen) atoms. The van der Waals surface area contributed by atoms with Crippen molar-refractivity contribution >= 4 is 0 Å². The Morgan fingerprint density at radius 1 is 1.16 bits per heavy atom. The lowest BCUT2D eigenvalue weighted by atomic mass is 9.75. The molecule has 1 aliphatic rings. The van der Waals surface area contributed by atoms with Crippen LogP contribution in [0.25, 0.3) is 0 Å². The monoisotopic (exact) mass is 269 g/mol. The first-order valence-electron chi connectivity index (χ1n) is 8.44. The van der Waals surface area contributed by atoms with Gasteiger partial charge >= 0.3 is 0 Å². The summed E-state index contributed by atoms with van der Waals surface area (Å²) in [4.78, 5) is 0. The molecule has 0 aromatic rings. The van der Waals surface area contributed by atoms with E-state index >= 15 is 0 Å². The van der Waals surface area contributed by atoms with Gasteiger partial charge in [0.05, 0.1) is 5.60 Å². The van der Waals surface area contributed by atoms with Gasteiger partial charge in [0.15, 0.2) is 0 Å². The molecule has 0 heterocycles. The van der Waals surface area contributed by atoms with E-state index in [9.17, 15) is 0 Å². The predicted octanol–water partition coefficient (Wildman–Crippen LogP) is 4.53. The van der Waals surface area contributed by atoms with Crippen LogP contribution < -0.4 is 5.32 Å². The molecule has 0 aromatic heterocycles. The number of ether oxygens (including phenoxy) is 1. The fourth-order valence-corrected chi connectivity index (χ4v) is 3.76. The van der Waals surface area contributed by atoms with Crippen LogP contribution >= 0.6 is 0 Å². The van der Waals surface area contributed by atoms with E-state index in [0.29, 0.717) is 6.04 Å². The van der Waals surface area contributed by atoms with Crippen LogP contribution in [-0.4, -0.2) is 25.8 Å². The Bertz CT molecular complexity index is 223. The molecule has 0 radical (unpaired) electrons. The van der Waals surface area contributed by atoms with E-state index in [1.165, 1.54) is 64.2 Å². The van der Waals surface area contributed by atoms with Crippen molar-refractivity contribution < 1.29 is 4.74 Å². The second kappa shape index (κ2) is 8.97. The van der Waals surface area contributed by atoms with Crippen LogP contribution in [0, 0.1) is 5.92 Å². The molecule has 0 aromatic carbocycles. The molecule has 1 rings (SSSR count). The summed E-state index contributed by atoms with van der Waals surface area (Å²) >= 11 is 0. The molecule has 2 nitrogen and oxygen atoms in total. The van der Waals surface area contributed by atoms with Crippen molar-refractivity contribution in [2.24, 2.45) is 5.92 Å². The molecule has 0 amide bonds. The van der Waals surface area contributed by atoms with Gasteiger partial charge in [-0.3, -0.25) is 0 Å². The van der Waals surface area contributed by atoms with Gasteiger partial charge in [0, 0.05) is 13.2 Å². The number of likely N-dealkylation sites (N-methyl/N-ethyl adjacent to an activating group) is 1. The Morgan fingerprint density at radius 2 is 1.84 bits per heavy atom. The maximum absolute atomic E-state index is 6.02. The number of hydrogen-bond acceptors (Lipinski definition) is 2. The highest BCUT2D eigenvalue weighted by Crippen LogP contribution is 2.37. The van der Waals surface area contributed by atoms with E-state index < -0.39 is 0 Å². The second-order valence-electron chi connectivity index (χ2n) is 6.32. The maximum atomic E-state index is 6.02. The molecule has 114 valence electrons. The fourth-order valence-electron chi connectivity index (χ4n) is 3.76. The minimum Gasteiger partial charge on any atom is -0.377 e. The smallest absolute Gasteiger partial charge is 0.0830 e. The van der Waals surface area contributed by atoms with Gasteiger partial charge in [-0.1, -0.05) is 58.8 Å². The molecule has 1 N–H and O–H groups in total. The van der Waals surface area contributed by atoms with Crippen LogP contribution in [0.5, 0.6) is 0 Å². The van der Waals surface area contributed by atoms with E-state index in [-0.39, 0.29) is 5.60 Å². The van der Waals surface area contributed by atoms with Crippen LogP contribution in [0.1, 0.15) is 78.1 Å². The molecule has 1 saturated carbocycles. The lowest BCUT2D eigenvalue weighted by molar-refractivity contribution is -0.0712. The SMILES string of the molecule is CCCCC(CC)CC(NC)C1(OC)CCCCC1. The number of unbranched alkanes of at least 4 members (excludes halogenated alkanes) is 1. The molecule has 0 saturated heterocycles. The number of methoxy groups -OCH3 is 1.